The molecule has 0 bridgehead atoms. The summed E-state index contributed by atoms with van der Waals surface area (Å²) in [7, 11) is 3.10. The maximum Gasteiger partial charge on any atom is 0.226 e. The van der Waals surface area contributed by atoms with Crippen LogP contribution in [0, 0.1) is 0 Å². The van der Waals surface area contributed by atoms with Crippen LogP contribution in [0.4, 0.5) is 5.69 Å². The Bertz CT molecular complexity index is 599. The lowest BCUT2D eigenvalue weighted by Gasteiger charge is -2.24. The summed E-state index contributed by atoms with van der Waals surface area (Å²) in [6.07, 6.45) is 2.25. The van der Waals surface area contributed by atoms with Crippen LogP contribution in [-0.2, 0) is 14.3 Å². The highest BCUT2D eigenvalue weighted by Gasteiger charge is 2.21. The number of hydrogen-bond acceptors (Lipinski definition) is 5. The van der Waals surface area contributed by atoms with E-state index in [4.69, 9.17) is 14.2 Å². The van der Waals surface area contributed by atoms with Gasteiger partial charge in [0.2, 0.25) is 11.8 Å². The van der Waals surface area contributed by atoms with Gasteiger partial charge in [-0.15, -0.1) is 0 Å². The molecule has 25 heavy (non-hydrogen) atoms. The van der Waals surface area contributed by atoms with Crippen molar-refractivity contribution in [1.29, 1.82) is 0 Å². The SMILES string of the molecule is COc1ccc(OC)c(NC(=O)CCN(CC2CCCO2)C(C)=O)c1. The lowest BCUT2D eigenvalue weighted by atomic mass is 10.2. The van der Waals surface area contributed by atoms with Gasteiger partial charge in [0.15, 0.2) is 0 Å². The Morgan fingerprint density at radius 2 is 2.12 bits per heavy atom. The number of methoxy groups -OCH3 is 2. The number of rotatable bonds is 8. The Kier molecular flexibility index (Phi) is 7.06. The molecule has 1 unspecified atom stereocenters. The van der Waals surface area contributed by atoms with Gasteiger partial charge >= 0.3 is 0 Å². The van der Waals surface area contributed by atoms with Gasteiger partial charge in [-0.05, 0) is 25.0 Å². The van der Waals surface area contributed by atoms with E-state index in [-0.39, 0.29) is 24.3 Å². The fourth-order valence-corrected chi connectivity index (χ4v) is 2.77. The van der Waals surface area contributed by atoms with Gasteiger partial charge in [-0.1, -0.05) is 0 Å². The highest BCUT2D eigenvalue weighted by atomic mass is 16.5. The van der Waals surface area contributed by atoms with Gasteiger partial charge in [0.1, 0.15) is 11.5 Å². The molecule has 0 aromatic heterocycles. The van der Waals surface area contributed by atoms with Crippen LogP contribution < -0.4 is 14.8 Å². The molecule has 7 nitrogen and oxygen atoms in total. The highest BCUT2D eigenvalue weighted by molar-refractivity contribution is 5.92. The van der Waals surface area contributed by atoms with Crippen molar-refractivity contribution in [2.24, 2.45) is 0 Å². The lowest BCUT2D eigenvalue weighted by Crippen LogP contribution is -2.37. The largest absolute Gasteiger partial charge is 0.497 e. The quantitative estimate of drug-likeness (QED) is 0.776. The molecule has 7 heteroatoms. The van der Waals surface area contributed by atoms with Crippen molar-refractivity contribution in [1.82, 2.24) is 4.90 Å². The monoisotopic (exact) mass is 350 g/mol. The molecule has 0 radical (unpaired) electrons. The van der Waals surface area contributed by atoms with Crippen molar-refractivity contribution in [2.75, 3.05) is 39.2 Å². The molecule has 1 atom stereocenters. The summed E-state index contributed by atoms with van der Waals surface area (Å²) < 4.78 is 16.0. The first kappa shape index (κ1) is 19.1. The van der Waals surface area contributed by atoms with Crippen LogP contribution in [-0.4, -0.2) is 56.7 Å². The van der Waals surface area contributed by atoms with Crippen molar-refractivity contribution >= 4 is 17.5 Å². The van der Waals surface area contributed by atoms with Gasteiger partial charge in [0.05, 0.1) is 26.0 Å². The zero-order valence-corrected chi connectivity index (χ0v) is 15.0. The summed E-state index contributed by atoms with van der Waals surface area (Å²) in [5.41, 5.74) is 0.542. The number of carbonyl (C=O) groups is 2. The van der Waals surface area contributed by atoms with E-state index >= 15 is 0 Å². The normalized spacial score (nSPS) is 16.4. The third kappa shape index (κ3) is 5.63. The number of nitrogens with zero attached hydrogens (tertiary/aromatic N) is 1. The standard InChI is InChI=1S/C18H26N2O5/c1-13(21)20(12-15-5-4-10-25-15)9-8-18(22)19-16-11-14(23-2)6-7-17(16)24-3/h6-7,11,15H,4-5,8-10,12H2,1-3H3,(H,19,22). The number of anilines is 1. The van der Waals surface area contributed by atoms with Gasteiger partial charge in [-0.25, -0.2) is 0 Å². The minimum Gasteiger partial charge on any atom is -0.497 e. The Balaban J connectivity index is 1.91. The molecule has 1 aliphatic rings. The van der Waals surface area contributed by atoms with Crippen molar-refractivity contribution in [3.05, 3.63) is 18.2 Å². The molecule has 1 saturated heterocycles. The minimum absolute atomic E-state index is 0.0535. The van der Waals surface area contributed by atoms with Crippen LogP contribution in [0.3, 0.4) is 0 Å². The molecule has 1 aliphatic heterocycles. The van der Waals surface area contributed by atoms with E-state index in [9.17, 15) is 9.59 Å². The molecule has 1 N–H and O–H groups in total. The first-order valence-corrected chi connectivity index (χ1v) is 8.42. The fraction of sp³-hybridized carbons (Fsp3) is 0.556. The molecule has 1 aromatic carbocycles. The molecule has 0 saturated carbocycles. The Hall–Kier alpha value is -2.28. The van der Waals surface area contributed by atoms with Crippen LogP contribution in [0.25, 0.3) is 0 Å². The summed E-state index contributed by atoms with van der Waals surface area (Å²) in [6, 6.07) is 5.19. The third-order valence-corrected chi connectivity index (χ3v) is 4.18. The van der Waals surface area contributed by atoms with Gasteiger partial charge in [-0.3, -0.25) is 9.59 Å². The Morgan fingerprint density at radius 1 is 1.32 bits per heavy atom. The van der Waals surface area contributed by atoms with Crippen LogP contribution in [0.15, 0.2) is 18.2 Å². The number of benzene rings is 1. The van der Waals surface area contributed by atoms with E-state index in [0.29, 0.717) is 30.3 Å². The maximum absolute atomic E-state index is 12.3. The molecular weight excluding hydrogens is 324 g/mol. The zero-order chi connectivity index (χ0) is 18.2. The molecule has 138 valence electrons. The van der Waals surface area contributed by atoms with E-state index < -0.39 is 0 Å². The number of carbonyl (C=O) groups excluding carboxylic acids is 2. The van der Waals surface area contributed by atoms with Gasteiger partial charge in [0.25, 0.3) is 0 Å². The summed E-state index contributed by atoms with van der Waals surface area (Å²) >= 11 is 0. The molecular formula is C18H26N2O5. The number of amides is 2. The van der Waals surface area contributed by atoms with Crippen LogP contribution in [0.2, 0.25) is 0 Å². The lowest BCUT2D eigenvalue weighted by molar-refractivity contribution is -0.130. The molecule has 2 amide bonds. The zero-order valence-electron chi connectivity index (χ0n) is 15.0. The predicted molar refractivity (Wildman–Crippen MR) is 94.0 cm³/mol. The molecule has 2 rings (SSSR count). The maximum atomic E-state index is 12.3. The van der Waals surface area contributed by atoms with E-state index in [1.807, 2.05) is 0 Å². The fourth-order valence-electron chi connectivity index (χ4n) is 2.77. The average Bonchev–Trinajstić information content (AvgIpc) is 3.11. The third-order valence-electron chi connectivity index (χ3n) is 4.18. The molecule has 0 spiro atoms. The number of ether oxygens (including phenoxy) is 3. The van der Waals surface area contributed by atoms with Gasteiger partial charge in [0, 0.05) is 39.1 Å². The van der Waals surface area contributed by atoms with E-state index in [1.54, 1.807) is 30.2 Å². The molecule has 1 fully saturated rings. The van der Waals surface area contributed by atoms with E-state index in [2.05, 4.69) is 5.32 Å². The predicted octanol–water partition coefficient (Wildman–Crippen LogP) is 2.06. The van der Waals surface area contributed by atoms with Crippen molar-refractivity contribution in [3.8, 4) is 11.5 Å². The van der Waals surface area contributed by atoms with Gasteiger partial charge in [-0.2, -0.15) is 0 Å². The second-order valence-electron chi connectivity index (χ2n) is 5.96. The van der Waals surface area contributed by atoms with E-state index in [1.165, 1.54) is 14.0 Å². The average molecular weight is 350 g/mol. The molecule has 1 heterocycles. The summed E-state index contributed by atoms with van der Waals surface area (Å²) in [5.74, 6) is 0.934. The van der Waals surface area contributed by atoms with Crippen molar-refractivity contribution in [2.45, 2.75) is 32.3 Å². The van der Waals surface area contributed by atoms with Crippen molar-refractivity contribution in [3.63, 3.8) is 0 Å². The Labute approximate surface area is 148 Å². The minimum atomic E-state index is -0.190. The topological polar surface area (TPSA) is 77.1 Å². The first-order chi connectivity index (χ1) is 12.0. The second-order valence-corrected chi connectivity index (χ2v) is 5.96. The number of nitrogens with one attached hydrogen (secondary N) is 1. The second kappa shape index (κ2) is 9.27. The van der Waals surface area contributed by atoms with Gasteiger partial charge < -0.3 is 24.4 Å². The highest BCUT2D eigenvalue weighted by Crippen LogP contribution is 2.29. The Morgan fingerprint density at radius 3 is 2.72 bits per heavy atom. The summed E-state index contributed by atoms with van der Waals surface area (Å²) in [5, 5.41) is 2.81. The summed E-state index contributed by atoms with van der Waals surface area (Å²) in [4.78, 5) is 25.7. The molecule has 1 aromatic rings. The number of hydrogen-bond donors (Lipinski definition) is 1. The van der Waals surface area contributed by atoms with Crippen LogP contribution in [0.1, 0.15) is 26.2 Å². The first-order valence-electron chi connectivity index (χ1n) is 8.42. The van der Waals surface area contributed by atoms with E-state index in [0.717, 1.165) is 19.4 Å². The van der Waals surface area contributed by atoms with Crippen LogP contribution >= 0.6 is 0 Å². The smallest absolute Gasteiger partial charge is 0.226 e. The van der Waals surface area contributed by atoms with Crippen LogP contribution in [0.5, 0.6) is 11.5 Å². The molecule has 0 aliphatic carbocycles. The van der Waals surface area contributed by atoms with Crippen molar-refractivity contribution < 1.29 is 23.8 Å². The summed E-state index contributed by atoms with van der Waals surface area (Å²) in [6.45, 7) is 3.14.